The Hall–Kier alpha value is -2.44. The zero-order valence-electron chi connectivity index (χ0n) is 10.2. The van der Waals surface area contributed by atoms with Crippen molar-refractivity contribution in [2.24, 2.45) is 0 Å². The lowest BCUT2D eigenvalue weighted by molar-refractivity contribution is -0.148. The molecule has 6 nitrogen and oxygen atoms in total. The van der Waals surface area contributed by atoms with Gasteiger partial charge < -0.3 is 4.74 Å². The van der Waals surface area contributed by atoms with Crippen LogP contribution in [-0.4, -0.2) is 24.4 Å². The summed E-state index contributed by atoms with van der Waals surface area (Å²) in [6, 6.07) is 5.78. The molecule has 0 unspecified atom stereocenters. The molecule has 102 valence electrons. The Labute approximate surface area is 108 Å². The molecule has 0 saturated heterocycles. The first-order chi connectivity index (χ1) is 8.99. The number of hydrazine groups is 1. The number of carbonyl (C=O) groups excluding carboxylic acids is 3. The van der Waals surface area contributed by atoms with Crippen molar-refractivity contribution >= 4 is 17.8 Å². The summed E-state index contributed by atoms with van der Waals surface area (Å²) in [6.45, 7) is 0.665. The van der Waals surface area contributed by atoms with Crippen LogP contribution >= 0.6 is 0 Å². The number of hydrogen-bond donors (Lipinski definition) is 2. The third kappa shape index (κ3) is 5.62. The van der Waals surface area contributed by atoms with Crippen LogP contribution in [0.15, 0.2) is 24.3 Å². The molecular weight excluding hydrogens is 255 g/mol. The van der Waals surface area contributed by atoms with Crippen molar-refractivity contribution in [3.8, 4) is 0 Å². The molecule has 0 aliphatic carbocycles. The van der Waals surface area contributed by atoms with Gasteiger partial charge in [0.05, 0.1) is 6.42 Å². The summed E-state index contributed by atoms with van der Waals surface area (Å²) in [5.74, 6) is -2.38. The molecule has 1 rings (SSSR count). The van der Waals surface area contributed by atoms with Crippen molar-refractivity contribution in [1.82, 2.24) is 10.9 Å². The van der Waals surface area contributed by atoms with E-state index < -0.39 is 30.2 Å². The quantitative estimate of drug-likeness (QED) is 0.598. The second-order valence-corrected chi connectivity index (χ2v) is 3.66. The van der Waals surface area contributed by atoms with E-state index in [9.17, 15) is 18.8 Å². The third-order valence-corrected chi connectivity index (χ3v) is 2.03. The van der Waals surface area contributed by atoms with Crippen molar-refractivity contribution in [1.29, 1.82) is 0 Å². The molecule has 2 N–H and O–H groups in total. The number of esters is 1. The van der Waals surface area contributed by atoms with Crippen LogP contribution in [0.2, 0.25) is 0 Å². The fourth-order valence-electron chi connectivity index (χ4n) is 1.19. The standard InChI is InChI=1S/C12H13FN2O4/c1-8(16)14-15-11(17)7-19-12(18)6-9-4-2-3-5-10(9)13/h2-5H,6-7H2,1H3,(H,14,16)(H,15,17). The van der Waals surface area contributed by atoms with E-state index in [2.05, 4.69) is 4.74 Å². The number of hydrogen-bond acceptors (Lipinski definition) is 4. The van der Waals surface area contributed by atoms with E-state index in [0.717, 1.165) is 0 Å². The average molecular weight is 268 g/mol. The highest BCUT2D eigenvalue weighted by Gasteiger charge is 2.11. The van der Waals surface area contributed by atoms with Crippen LogP contribution in [0.25, 0.3) is 0 Å². The van der Waals surface area contributed by atoms with E-state index >= 15 is 0 Å². The maximum Gasteiger partial charge on any atom is 0.310 e. The molecule has 1 aromatic rings. The van der Waals surface area contributed by atoms with Crippen LogP contribution in [0, 0.1) is 5.82 Å². The summed E-state index contributed by atoms with van der Waals surface area (Å²) in [5.41, 5.74) is 4.25. The Balaban J connectivity index is 2.34. The molecule has 0 aliphatic rings. The van der Waals surface area contributed by atoms with Gasteiger partial charge in [0.15, 0.2) is 6.61 Å². The van der Waals surface area contributed by atoms with Crippen LogP contribution in [0.5, 0.6) is 0 Å². The van der Waals surface area contributed by atoms with E-state index in [-0.39, 0.29) is 12.0 Å². The molecule has 2 amide bonds. The van der Waals surface area contributed by atoms with E-state index in [1.807, 2.05) is 10.9 Å². The highest BCUT2D eigenvalue weighted by atomic mass is 19.1. The normalized spacial score (nSPS) is 9.58. The third-order valence-electron chi connectivity index (χ3n) is 2.03. The lowest BCUT2D eigenvalue weighted by Crippen LogP contribution is -2.42. The largest absolute Gasteiger partial charge is 0.455 e. The summed E-state index contributed by atoms with van der Waals surface area (Å²) < 4.78 is 17.8. The molecule has 0 aromatic heterocycles. The lowest BCUT2D eigenvalue weighted by Gasteiger charge is -2.06. The first-order valence-corrected chi connectivity index (χ1v) is 5.43. The van der Waals surface area contributed by atoms with Gasteiger partial charge in [-0.15, -0.1) is 0 Å². The van der Waals surface area contributed by atoms with Crippen LogP contribution in [-0.2, 0) is 25.5 Å². The Morgan fingerprint density at radius 2 is 1.89 bits per heavy atom. The topological polar surface area (TPSA) is 84.5 Å². The smallest absolute Gasteiger partial charge is 0.310 e. The van der Waals surface area contributed by atoms with Crippen molar-refractivity contribution in [2.75, 3.05) is 6.61 Å². The van der Waals surface area contributed by atoms with E-state index in [0.29, 0.717) is 0 Å². The first-order valence-electron chi connectivity index (χ1n) is 5.43. The molecule has 7 heteroatoms. The molecular formula is C12H13FN2O4. The predicted octanol–water partition coefficient (Wildman–Crippen LogP) is 0.0787. The molecule has 1 aromatic carbocycles. The summed E-state index contributed by atoms with van der Waals surface area (Å²) in [4.78, 5) is 32.9. The fraction of sp³-hybridized carbons (Fsp3) is 0.250. The summed E-state index contributed by atoms with van der Waals surface area (Å²) in [6.07, 6.45) is -0.264. The Kier molecular flexibility index (Phi) is 5.46. The molecule has 0 radical (unpaired) electrons. The molecule has 19 heavy (non-hydrogen) atoms. The number of rotatable bonds is 4. The monoisotopic (exact) mass is 268 g/mol. The van der Waals surface area contributed by atoms with E-state index in [4.69, 9.17) is 0 Å². The predicted molar refractivity (Wildman–Crippen MR) is 63.0 cm³/mol. The average Bonchev–Trinajstić information content (AvgIpc) is 2.36. The maximum absolute atomic E-state index is 13.2. The second kappa shape index (κ2) is 7.10. The van der Waals surface area contributed by atoms with Gasteiger partial charge in [0.1, 0.15) is 5.82 Å². The zero-order chi connectivity index (χ0) is 14.3. The minimum Gasteiger partial charge on any atom is -0.455 e. The van der Waals surface area contributed by atoms with Gasteiger partial charge >= 0.3 is 5.97 Å². The van der Waals surface area contributed by atoms with Crippen molar-refractivity contribution in [2.45, 2.75) is 13.3 Å². The van der Waals surface area contributed by atoms with E-state index in [1.54, 1.807) is 6.07 Å². The number of ether oxygens (including phenoxy) is 1. The highest BCUT2D eigenvalue weighted by Crippen LogP contribution is 2.07. The van der Waals surface area contributed by atoms with E-state index in [1.165, 1.54) is 25.1 Å². The number of halogens is 1. The van der Waals surface area contributed by atoms with Crippen LogP contribution in [0.4, 0.5) is 4.39 Å². The number of nitrogens with one attached hydrogen (secondary N) is 2. The molecule has 0 saturated carbocycles. The maximum atomic E-state index is 13.2. The van der Waals surface area contributed by atoms with Crippen LogP contribution in [0.3, 0.4) is 0 Å². The lowest BCUT2D eigenvalue weighted by atomic mass is 10.1. The van der Waals surface area contributed by atoms with Gasteiger partial charge in [0.25, 0.3) is 5.91 Å². The molecule has 0 bridgehead atoms. The van der Waals surface area contributed by atoms with Crippen LogP contribution in [0.1, 0.15) is 12.5 Å². The van der Waals surface area contributed by atoms with Gasteiger partial charge in [-0.25, -0.2) is 4.39 Å². The molecule has 0 fully saturated rings. The first kappa shape index (κ1) is 14.6. The number of carbonyl (C=O) groups is 3. The van der Waals surface area contributed by atoms with Gasteiger partial charge in [-0.1, -0.05) is 18.2 Å². The Morgan fingerprint density at radius 1 is 1.21 bits per heavy atom. The SMILES string of the molecule is CC(=O)NNC(=O)COC(=O)Cc1ccccc1F. The molecule has 0 spiro atoms. The number of amides is 2. The van der Waals surface area contributed by atoms with Gasteiger partial charge in [-0.2, -0.15) is 0 Å². The highest BCUT2D eigenvalue weighted by molar-refractivity contribution is 5.83. The van der Waals surface area contributed by atoms with Gasteiger partial charge in [-0.05, 0) is 11.6 Å². The summed E-state index contributed by atoms with van der Waals surface area (Å²) >= 11 is 0. The fourth-order valence-corrected chi connectivity index (χ4v) is 1.19. The summed E-state index contributed by atoms with van der Waals surface area (Å²) in [5, 5.41) is 0. The minimum absolute atomic E-state index is 0.190. The van der Waals surface area contributed by atoms with Crippen LogP contribution < -0.4 is 10.9 Å². The van der Waals surface area contributed by atoms with Crippen molar-refractivity contribution in [3.63, 3.8) is 0 Å². The molecule has 0 heterocycles. The van der Waals surface area contributed by atoms with Gasteiger partial charge in [-0.3, -0.25) is 25.2 Å². The summed E-state index contributed by atoms with van der Waals surface area (Å²) in [7, 11) is 0. The van der Waals surface area contributed by atoms with Crippen molar-refractivity contribution in [3.05, 3.63) is 35.6 Å². The van der Waals surface area contributed by atoms with Crippen molar-refractivity contribution < 1.29 is 23.5 Å². The Morgan fingerprint density at radius 3 is 2.53 bits per heavy atom. The molecule has 0 atom stereocenters. The minimum atomic E-state index is -0.733. The van der Waals surface area contributed by atoms with Gasteiger partial charge in [0, 0.05) is 6.92 Å². The number of benzene rings is 1. The van der Waals surface area contributed by atoms with Gasteiger partial charge in [0.2, 0.25) is 5.91 Å². The molecule has 0 aliphatic heterocycles. The Bertz CT molecular complexity index is 490. The second-order valence-electron chi connectivity index (χ2n) is 3.66. The zero-order valence-corrected chi connectivity index (χ0v) is 10.2.